The molecule has 0 saturated carbocycles. The number of nitrogens with zero attached hydrogens (tertiary/aromatic N) is 1. The predicted molar refractivity (Wildman–Crippen MR) is 162 cm³/mol. The minimum absolute atomic E-state index is 0.0505. The predicted octanol–water partition coefficient (Wildman–Crippen LogP) is 6.66. The highest BCUT2D eigenvalue weighted by Crippen LogP contribution is 2.30. The largest absolute Gasteiger partial charge is 0.376 e. The molecule has 0 radical (unpaired) electrons. The third kappa shape index (κ3) is 7.34. The second kappa shape index (κ2) is 13.2. The first kappa shape index (κ1) is 28.0. The van der Waals surface area contributed by atoms with Crippen molar-refractivity contribution in [1.82, 2.24) is 5.32 Å². The van der Waals surface area contributed by atoms with Gasteiger partial charge < -0.3 is 25.6 Å². The molecule has 2 saturated heterocycles. The van der Waals surface area contributed by atoms with E-state index < -0.39 is 6.03 Å². The number of amides is 3. The Balaban J connectivity index is 1.28. The number of carbonyl (C=O) groups is 2. The van der Waals surface area contributed by atoms with Crippen LogP contribution in [0.15, 0.2) is 66.7 Å². The van der Waals surface area contributed by atoms with Crippen molar-refractivity contribution in [2.75, 3.05) is 41.8 Å². The summed E-state index contributed by atoms with van der Waals surface area (Å²) < 4.78 is 5.70. The maximum atomic E-state index is 13.4. The molecule has 3 amide bonds. The van der Waals surface area contributed by atoms with Crippen molar-refractivity contribution in [3.05, 3.63) is 88.4 Å². The molecule has 7 nitrogen and oxygen atoms in total. The zero-order chi connectivity index (χ0) is 27.9. The topological polar surface area (TPSA) is 82.7 Å². The lowest BCUT2D eigenvalue weighted by Gasteiger charge is -2.35. The number of anilines is 3. The summed E-state index contributed by atoms with van der Waals surface area (Å²) in [6.07, 6.45) is 5.22. The first-order valence-electron chi connectivity index (χ1n) is 14.1. The number of nitrogens with one attached hydrogen (secondary N) is 3. The first-order chi connectivity index (χ1) is 19.4. The van der Waals surface area contributed by atoms with Crippen LogP contribution in [0.5, 0.6) is 0 Å². The Labute approximate surface area is 241 Å². The van der Waals surface area contributed by atoms with Crippen LogP contribution >= 0.6 is 11.6 Å². The van der Waals surface area contributed by atoms with E-state index in [0.717, 1.165) is 63.1 Å². The van der Waals surface area contributed by atoms with Crippen LogP contribution in [-0.2, 0) is 11.2 Å². The van der Waals surface area contributed by atoms with Gasteiger partial charge in [-0.15, -0.1) is 0 Å². The van der Waals surface area contributed by atoms with Crippen LogP contribution in [-0.4, -0.2) is 44.3 Å². The number of ether oxygens (including phenoxy) is 1. The van der Waals surface area contributed by atoms with E-state index in [4.69, 9.17) is 16.3 Å². The molecule has 5 rings (SSSR count). The number of hydrogen-bond acceptors (Lipinski definition) is 4. The number of carbonyl (C=O) groups excluding carboxylic acids is 2. The van der Waals surface area contributed by atoms with Crippen LogP contribution in [0.4, 0.5) is 21.9 Å². The monoisotopic (exact) mass is 560 g/mol. The molecule has 2 fully saturated rings. The standard InChI is InChI=1S/C32H37ClN4O3/c1-22-9-10-26(20-29(22)33)36-32(39)35-25-11-12-30(28(19-25)31(38)34-21-27-8-5-17-40-27)37-15-13-24(14-16-37)18-23-6-3-2-4-7-23/h2-4,6-7,9-12,19-20,24,27H,5,8,13-18,21H2,1H3,(H,34,38)(H2,35,36,39). The molecule has 3 N–H and O–H groups in total. The zero-order valence-corrected chi connectivity index (χ0v) is 23.7. The van der Waals surface area contributed by atoms with Crippen molar-refractivity contribution in [1.29, 1.82) is 0 Å². The highest BCUT2D eigenvalue weighted by atomic mass is 35.5. The van der Waals surface area contributed by atoms with E-state index in [1.165, 1.54) is 5.56 Å². The normalized spacial score (nSPS) is 17.4. The summed E-state index contributed by atoms with van der Waals surface area (Å²) >= 11 is 6.20. The van der Waals surface area contributed by atoms with E-state index in [1.807, 2.05) is 25.1 Å². The van der Waals surface area contributed by atoms with Crippen LogP contribution in [0.2, 0.25) is 5.02 Å². The molecule has 2 aliphatic rings. The molecule has 0 aromatic heterocycles. The van der Waals surface area contributed by atoms with Gasteiger partial charge >= 0.3 is 6.03 Å². The van der Waals surface area contributed by atoms with Crippen LogP contribution in [0.1, 0.15) is 47.2 Å². The molecule has 8 heteroatoms. The molecule has 1 unspecified atom stereocenters. The average molecular weight is 561 g/mol. The summed E-state index contributed by atoms with van der Waals surface area (Å²) in [4.78, 5) is 28.5. The Morgan fingerprint density at radius 1 is 0.950 bits per heavy atom. The fourth-order valence-electron chi connectivity index (χ4n) is 5.47. The Morgan fingerprint density at radius 2 is 1.68 bits per heavy atom. The third-order valence-electron chi connectivity index (χ3n) is 7.77. The molecular formula is C32H37ClN4O3. The highest BCUT2D eigenvalue weighted by Gasteiger charge is 2.25. The fourth-order valence-corrected chi connectivity index (χ4v) is 5.65. The third-order valence-corrected chi connectivity index (χ3v) is 8.17. The van der Waals surface area contributed by atoms with Gasteiger partial charge in [0.2, 0.25) is 0 Å². The fraction of sp³-hybridized carbons (Fsp3) is 0.375. The average Bonchev–Trinajstić information content (AvgIpc) is 3.49. The Morgan fingerprint density at radius 3 is 2.38 bits per heavy atom. The smallest absolute Gasteiger partial charge is 0.323 e. The summed E-state index contributed by atoms with van der Waals surface area (Å²) in [5.74, 6) is 0.460. The maximum absolute atomic E-state index is 13.4. The van der Waals surface area contributed by atoms with Crippen molar-refractivity contribution < 1.29 is 14.3 Å². The SMILES string of the molecule is Cc1ccc(NC(=O)Nc2ccc(N3CCC(Cc4ccccc4)CC3)c(C(=O)NCC3CCCO3)c2)cc1Cl. The van der Waals surface area contributed by atoms with Gasteiger partial charge in [0.15, 0.2) is 0 Å². The summed E-state index contributed by atoms with van der Waals surface area (Å²) in [5.41, 5.74) is 4.89. The van der Waals surface area contributed by atoms with Gasteiger partial charge in [0, 0.05) is 48.3 Å². The van der Waals surface area contributed by atoms with Crippen molar-refractivity contribution >= 4 is 40.6 Å². The van der Waals surface area contributed by atoms with E-state index >= 15 is 0 Å². The van der Waals surface area contributed by atoms with E-state index in [-0.39, 0.29) is 12.0 Å². The van der Waals surface area contributed by atoms with Crippen molar-refractivity contribution in [2.45, 2.75) is 45.1 Å². The van der Waals surface area contributed by atoms with E-state index in [9.17, 15) is 9.59 Å². The summed E-state index contributed by atoms with van der Waals surface area (Å²) in [7, 11) is 0. The number of aryl methyl sites for hydroxylation is 1. The summed E-state index contributed by atoms with van der Waals surface area (Å²) in [6.45, 7) is 4.88. The number of rotatable bonds is 8. The Bertz CT molecular complexity index is 1320. The lowest BCUT2D eigenvalue weighted by molar-refractivity contribution is 0.0858. The molecule has 210 valence electrons. The number of halogens is 1. The molecular weight excluding hydrogens is 524 g/mol. The van der Waals surface area contributed by atoms with Crippen LogP contribution in [0.3, 0.4) is 0 Å². The van der Waals surface area contributed by atoms with Gasteiger partial charge in [0.25, 0.3) is 5.91 Å². The number of benzene rings is 3. The first-order valence-corrected chi connectivity index (χ1v) is 14.5. The second-order valence-electron chi connectivity index (χ2n) is 10.7. The number of piperidine rings is 1. The maximum Gasteiger partial charge on any atom is 0.323 e. The number of urea groups is 1. The van der Waals surface area contributed by atoms with Gasteiger partial charge in [-0.2, -0.15) is 0 Å². The van der Waals surface area contributed by atoms with Gasteiger partial charge in [0.05, 0.1) is 11.7 Å². The minimum atomic E-state index is -0.403. The minimum Gasteiger partial charge on any atom is -0.376 e. The zero-order valence-electron chi connectivity index (χ0n) is 22.9. The molecule has 3 aromatic carbocycles. The van der Waals surface area contributed by atoms with E-state index in [1.54, 1.807) is 18.2 Å². The van der Waals surface area contributed by atoms with Crippen LogP contribution in [0, 0.1) is 12.8 Å². The molecule has 2 aliphatic heterocycles. The Kier molecular flexibility index (Phi) is 9.24. The molecule has 0 spiro atoms. The Hall–Kier alpha value is -3.55. The van der Waals surface area contributed by atoms with Gasteiger partial charge in [-0.3, -0.25) is 4.79 Å². The van der Waals surface area contributed by atoms with Crippen molar-refractivity contribution in [3.8, 4) is 0 Å². The lowest BCUT2D eigenvalue weighted by atomic mass is 9.89. The summed E-state index contributed by atoms with van der Waals surface area (Å²) in [6, 6.07) is 21.1. The molecule has 2 heterocycles. The van der Waals surface area contributed by atoms with E-state index in [2.05, 4.69) is 51.2 Å². The number of hydrogen-bond donors (Lipinski definition) is 3. The second-order valence-corrected chi connectivity index (χ2v) is 11.1. The van der Waals surface area contributed by atoms with Crippen LogP contribution < -0.4 is 20.9 Å². The molecule has 3 aromatic rings. The van der Waals surface area contributed by atoms with Gasteiger partial charge in [-0.1, -0.05) is 48.0 Å². The molecule has 1 atom stereocenters. The molecule has 0 bridgehead atoms. The summed E-state index contributed by atoms with van der Waals surface area (Å²) in [5, 5.41) is 9.32. The van der Waals surface area contributed by atoms with Crippen molar-refractivity contribution in [3.63, 3.8) is 0 Å². The lowest BCUT2D eigenvalue weighted by Crippen LogP contribution is -2.37. The van der Waals surface area contributed by atoms with Gasteiger partial charge in [0.1, 0.15) is 0 Å². The van der Waals surface area contributed by atoms with Crippen LogP contribution in [0.25, 0.3) is 0 Å². The van der Waals surface area contributed by atoms with Gasteiger partial charge in [-0.25, -0.2) is 4.79 Å². The van der Waals surface area contributed by atoms with E-state index in [0.29, 0.717) is 34.4 Å². The highest BCUT2D eigenvalue weighted by molar-refractivity contribution is 6.31. The van der Waals surface area contributed by atoms with Crippen molar-refractivity contribution in [2.24, 2.45) is 5.92 Å². The molecule has 0 aliphatic carbocycles. The molecule has 40 heavy (non-hydrogen) atoms. The van der Waals surface area contributed by atoms with Gasteiger partial charge in [-0.05, 0) is 86.4 Å². The quantitative estimate of drug-likeness (QED) is 0.288.